The number of carbonyl (C=O) groups is 2. The van der Waals surface area contributed by atoms with Crippen LogP contribution in [0.1, 0.15) is 50.5 Å². The Morgan fingerprint density at radius 3 is 2.30 bits per heavy atom. The largest absolute Gasteiger partial charge is 0.419 e. The number of nitrogens with one attached hydrogen (secondary N) is 1. The third-order valence-corrected chi connectivity index (χ3v) is 6.66. The van der Waals surface area contributed by atoms with Crippen molar-refractivity contribution < 1.29 is 27.2 Å². The number of carbonyl (C=O) groups excluding carboxylic acids is 2. The molecular formula is C23H32F4N4O2. The molecule has 0 unspecified atom stereocenters. The Bertz CT molecular complexity index is 817. The number of alkyl halides is 3. The maximum Gasteiger partial charge on any atom is 0.419 e. The zero-order valence-electron chi connectivity index (χ0n) is 18.7. The number of rotatable bonds is 8. The standard InChI is InChI=1S/C23H32F4N4O2/c24-22-18(23(25,26)27)2-1-3-19(22)31-14-12-30(13-15-31)11-10-16-4-6-17(7-5-16)29-21(33)9-8-20(28)32/h1-3,16-17H,4-15H2,(H2,28,32)(H,29,33)/t16-,17-. The number of hydrogen-bond donors (Lipinski definition) is 2. The maximum absolute atomic E-state index is 14.4. The smallest absolute Gasteiger partial charge is 0.370 e. The number of benzene rings is 1. The first-order valence-corrected chi connectivity index (χ1v) is 11.5. The van der Waals surface area contributed by atoms with Crippen LogP contribution in [-0.2, 0) is 15.8 Å². The average molecular weight is 473 g/mol. The van der Waals surface area contributed by atoms with E-state index in [9.17, 15) is 27.2 Å². The van der Waals surface area contributed by atoms with E-state index < -0.39 is 23.5 Å². The first-order chi connectivity index (χ1) is 15.6. The number of hydrogen-bond acceptors (Lipinski definition) is 4. The van der Waals surface area contributed by atoms with Crippen molar-refractivity contribution in [1.29, 1.82) is 0 Å². The highest BCUT2D eigenvalue weighted by Gasteiger charge is 2.36. The van der Waals surface area contributed by atoms with Crippen LogP contribution >= 0.6 is 0 Å². The zero-order chi connectivity index (χ0) is 24.0. The minimum atomic E-state index is -4.70. The second-order valence-corrected chi connectivity index (χ2v) is 9.01. The molecule has 184 valence electrons. The van der Waals surface area contributed by atoms with Gasteiger partial charge in [0.15, 0.2) is 5.82 Å². The fourth-order valence-electron chi connectivity index (χ4n) is 4.69. The van der Waals surface area contributed by atoms with Gasteiger partial charge >= 0.3 is 6.18 Å². The quantitative estimate of drug-likeness (QED) is 0.569. The lowest BCUT2D eigenvalue weighted by molar-refractivity contribution is -0.140. The van der Waals surface area contributed by atoms with Crippen LogP contribution in [0.2, 0.25) is 0 Å². The first kappa shape index (κ1) is 25.3. The molecule has 33 heavy (non-hydrogen) atoms. The fraction of sp³-hybridized carbons (Fsp3) is 0.652. The molecule has 1 aliphatic heterocycles. The molecule has 2 fully saturated rings. The van der Waals surface area contributed by atoms with E-state index in [-0.39, 0.29) is 30.5 Å². The SMILES string of the molecule is NC(=O)CCC(=O)N[C@H]1CC[C@H](CCN2CCN(c3cccc(C(F)(F)F)c3F)CC2)CC1. The van der Waals surface area contributed by atoms with E-state index in [1.807, 2.05) is 0 Å². The topological polar surface area (TPSA) is 78.7 Å². The van der Waals surface area contributed by atoms with Gasteiger partial charge in [0.2, 0.25) is 11.8 Å². The third-order valence-electron chi connectivity index (χ3n) is 6.66. The van der Waals surface area contributed by atoms with Gasteiger partial charge in [-0.1, -0.05) is 6.07 Å². The molecule has 1 aliphatic carbocycles. The monoisotopic (exact) mass is 472 g/mol. The number of piperazine rings is 1. The molecule has 0 bridgehead atoms. The molecule has 1 saturated heterocycles. The molecule has 3 N–H and O–H groups in total. The summed E-state index contributed by atoms with van der Waals surface area (Å²) in [6, 6.07) is 3.58. The van der Waals surface area contributed by atoms with E-state index in [1.54, 1.807) is 4.90 Å². The number of nitrogens with zero attached hydrogens (tertiary/aromatic N) is 2. The average Bonchev–Trinajstić information content (AvgIpc) is 2.77. The summed E-state index contributed by atoms with van der Waals surface area (Å²) in [5.74, 6) is -1.23. The lowest BCUT2D eigenvalue weighted by atomic mass is 9.84. The summed E-state index contributed by atoms with van der Waals surface area (Å²) >= 11 is 0. The van der Waals surface area contributed by atoms with Crippen molar-refractivity contribution in [3.8, 4) is 0 Å². The molecule has 1 heterocycles. The number of amides is 2. The van der Waals surface area contributed by atoms with Crippen LogP contribution in [0, 0.1) is 11.7 Å². The van der Waals surface area contributed by atoms with Gasteiger partial charge in [-0.15, -0.1) is 0 Å². The molecule has 3 rings (SSSR count). The minimum absolute atomic E-state index is 0.0145. The van der Waals surface area contributed by atoms with Gasteiger partial charge in [0.1, 0.15) is 0 Å². The summed E-state index contributed by atoms with van der Waals surface area (Å²) in [5, 5.41) is 2.97. The van der Waals surface area contributed by atoms with Gasteiger partial charge < -0.3 is 16.0 Å². The molecule has 2 amide bonds. The fourth-order valence-corrected chi connectivity index (χ4v) is 4.69. The third kappa shape index (κ3) is 7.31. The van der Waals surface area contributed by atoms with Gasteiger partial charge in [-0.05, 0) is 56.7 Å². The lowest BCUT2D eigenvalue weighted by Crippen LogP contribution is -2.47. The van der Waals surface area contributed by atoms with Crippen molar-refractivity contribution in [2.24, 2.45) is 11.7 Å². The number of anilines is 1. The summed E-state index contributed by atoms with van der Waals surface area (Å²) in [6.07, 6.45) is 0.394. The molecule has 0 aromatic heterocycles. The molecule has 1 aromatic carbocycles. The summed E-state index contributed by atoms with van der Waals surface area (Å²) in [4.78, 5) is 26.6. The number of nitrogens with two attached hydrogens (primary N) is 1. The lowest BCUT2D eigenvalue weighted by Gasteiger charge is -2.37. The highest BCUT2D eigenvalue weighted by atomic mass is 19.4. The predicted octanol–water partition coefficient (Wildman–Crippen LogP) is 3.30. The van der Waals surface area contributed by atoms with E-state index >= 15 is 0 Å². The molecule has 1 aromatic rings. The Morgan fingerprint density at radius 1 is 1.03 bits per heavy atom. The maximum atomic E-state index is 14.4. The molecule has 2 aliphatic rings. The Labute approximate surface area is 191 Å². The van der Waals surface area contributed by atoms with Gasteiger partial charge in [0.05, 0.1) is 11.3 Å². The molecule has 6 nitrogen and oxygen atoms in total. The van der Waals surface area contributed by atoms with Crippen LogP contribution in [0.3, 0.4) is 0 Å². The van der Waals surface area contributed by atoms with E-state index in [0.717, 1.165) is 44.7 Å². The van der Waals surface area contributed by atoms with Gasteiger partial charge in [-0.2, -0.15) is 13.2 Å². The van der Waals surface area contributed by atoms with Gasteiger partial charge in [-0.25, -0.2) is 4.39 Å². The number of halogens is 4. The minimum Gasteiger partial charge on any atom is -0.370 e. The van der Waals surface area contributed by atoms with Crippen molar-refractivity contribution >= 4 is 17.5 Å². The van der Waals surface area contributed by atoms with Gasteiger partial charge in [-0.3, -0.25) is 14.5 Å². The molecule has 1 saturated carbocycles. The van der Waals surface area contributed by atoms with Gasteiger partial charge in [0.25, 0.3) is 0 Å². The second kappa shape index (κ2) is 11.2. The summed E-state index contributed by atoms with van der Waals surface area (Å²) in [5.41, 5.74) is 3.86. The highest BCUT2D eigenvalue weighted by molar-refractivity contribution is 5.82. The van der Waals surface area contributed by atoms with Crippen LogP contribution < -0.4 is 16.0 Å². The van der Waals surface area contributed by atoms with Crippen LogP contribution in [0.4, 0.5) is 23.2 Å². The van der Waals surface area contributed by atoms with Crippen molar-refractivity contribution in [3.63, 3.8) is 0 Å². The Hall–Kier alpha value is -2.36. The van der Waals surface area contributed by atoms with Crippen molar-refractivity contribution in [1.82, 2.24) is 10.2 Å². The second-order valence-electron chi connectivity index (χ2n) is 9.01. The van der Waals surface area contributed by atoms with Crippen LogP contribution in [0.5, 0.6) is 0 Å². The van der Waals surface area contributed by atoms with Crippen molar-refractivity contribution in [2.45, 2.75) is 57.2 Å². The van der Waals surface area contributed by atoms with Crippen molar-refractivity contribution in [2.75, 3.05) is 37.6 Å². The van der Waals surface area contributed by atoms with E-state index in [2.05, 4.69) is 10.2 Å². The number of primary amides is 1. The van der Waals surface area contributed by atoms with Crippen LogP contribution in [-0.4, -0.2) is 55.5 Å². The van der Waals surface area contributed by atoms with E-state index in [0.29, 0.717) is 32.1 Å². The predicted molar refractivity (Wildman–Crippen MR) is 117 cm³/mol. The van der Waals surface area contributed by atoms with Gasteiger partial charge in [0, 0.05) is 45.1 Å². The van der Waals surface area contributed by atoms with Crippen LogP contribution in [0.25, 0.3) is 0 Å². The molecule has 0 atom stereocenters. The highest BCUT2D eigenvalue weighted by Crippen LogP contribution is 2.35. The Balaban J connectivity index is 1.37. The Kier molecular flexibility index (Phi) is 8.56. The van der Waals surface area contributed by atoms with Crippen molar-refractivity contribution in [3.05, 3.63) is 29.6 Å². The molecular weight excluding hydrogens is 440 g/mol. The normalized spacial score (nSPS) is 22.2. The molecule has 10 heteroatoms. The van der Waals surface area contributed by atoms with Crippen LogP contribution in [0.15, 0.2) is 18.2 Å². The summed E-state index contributed by atoms with van der Waals surface area (Å²) in [7, 11) is 0. The molecule has 0 radical (unpaired) electrons. The molecule has 0 spiro atoms. The Morgan fingerprint density at radius 2 is 1.70 bits per heavy atom. The summed E-state index contributed by atoms with van der Waals surface area (Å²) < 4.78 is 53.4. The summed E-state index contributed by atoms with van der Waals surface area (Å²) in [6.45, 7) is 3.24. The van der Waals surface area contributed by atoms with E-state index in [1.165, 1.54) is 12.1 Å². The van der Waals surface area contributed by atoms with E-state index in [4.69, 9.17) is 5.73 Å². The zero-order valence-corrected chi connectivity index (χ0v) is 18.7. The first-order valence-electron chi connectivity index (χ1n) is 11.5.